The van der Waals surface area contributed by atoms with E-state index in [2.05, 4.69) is 35.6 Å². The Hall–Kier alpha value is -0.820. The normalized spacial score (nSPS) is 20.9. The first-order valence-electron chi connectivity index (χ1n) is 5.75. The highest BCUT2D eigenvalue weighted by atomic mass is 14.9. The zero-order chi connectivity index (χ0) is 10.2. The zero-order valence-corrected chi connectivity index (χ0v) is 9.29. The van der Waals surface area contributed by atoms with Crippen molar-refractivity contribution in [2.75, 3.05) is 6.54 Å². The van der Waals surface area contributed by atoms with Crippen molar-refractivity contribution in [2.24, 2.45) is 0 Å². The minimum Gasteiger partial charge on any atom is -0.310 e. The van der Waals surface area contributed by atoms with Crippen molar-refractivity contribution in [2.45, 2.75) is 39.2 Å². The van der Waals surface area contributed by atoms with Crippen LogP contribution >= 0.6 is 0 Å². The standard InChI is InChI=1S/C11H15N.C2H6/c1-2-6-10(7-3-1)11-8-4-5-9-12-11;1-2/h1-3,6-7,11-12H,4-5,8-9H2;1-2H3. The molecule has 78 valence electrons. The first-order valence-corrected chi connectivity index (χ1v) is 5.75. The van der Waals surface area contributed by atoms with Crippen molar-refractivity contribution in [3.8, 4) is 0 Å². The Morgan fingerprint density at radius 1 is 1.07 bits per heavy atom. The van der Waals surface area contributed by atoms with E-state index in [9.17, 15) is 0 Å². The number of nitrogens with one attached hydrogen (secondary N) is 1. The van der Waals surface area contributed by atoms with Gasteiger partial charge in [0.25, 0.3) is 0 Å². The van der Waals surface area contributed by atoms with Gasteiger partial charge >= 0.3 is 0 Å². The average molecular weight is 191 g/mol. The third-order valence-corrected chi connectivity index (χ3v) is 2.51. The van der Waals surface area contributed by atoms with Gasteiger partial charge in [-0.15, -0.1) is 0 Å². The summed E-state index contributed by atoms with van der Waals surface area (Å²) in [5.41, 5.74) is 1.44. The second-order valence-corrected chi connectivity index (χ2v) is 3.41. The Kier molecular flexibility index (Phi) is 5.31. The molecule has 1 aromatic carbocycles. The van der Waals surface area contributed by atoms with Crippen LogP contribution < -0.4 is 5.32 Å². The Morgan fingerprint density at radius 3 is 2.36 bits per heavy atom. The monoisotopic (exact) mass is 191 g/mol. The zero-order valence-electron chi connectivity index (χ0n) is 9.29. The van der Waals surface area contributed by atoms with Crippen LogP contribution in [0.2, 0.25) is 0 Å². The average Bonchev–Trinajstić information content (AvgIpc) is 2.34. The lowest BCUT2D eigenvalue weighted by molar-refractivity contribution is 0.412. The topological polar surface area (TPSA) is 12.0 Å². The predicted octanol–water partition coefficient (Wildman–Crippen LogP) is 3.53. The van der Waals surface area contributed by atoms with Gasteiger partial charge in [-0.25, -0.2) is 0 Å². The van der Waals surface area contributed by atoms with E-state index in [-0.39, 0.29) is 0 Å². The number of hydrogen-bond donors (Lipinski definition) is 1. The smallest absolute Gasteiger partial charge is 0.0320 e. The lowest BCUT2D eigenvalue weighted by atomic mass is 9.98. The van der Waals surface area contributed by atoms with Crippen LogP contribution in [0.1, 0.15) is 44.7 Å². The molecule has 1 aromatic rings. The van der Waals surface area contributed by atoms with E-state index in [1.807, 2.05) is 13.8 Å². The molecule has 0 radical (unpaired) electrons. The van der Waals surface area contributed by atoms with E-state index < -0.39 is 0 Å². The van der Waals surface area contributed by atoms with E-state index in [0.29, 0.717) is 6.04 Å². The molecule has 1 fully saturated rings. The summed E-state index contributed by atoms with van der Waals surface area (Å²) in [5, 5.41) is 3.54. The summed E-state index contributed by atoms with van der Waals surface area (Å²) in [6.45, 7) is 5.18. The van der Waals surface area contributed by atoms with Crippen molar-refractivity contribution in [3.63, 3.8) is 0 Å². The van der Waals surface area contributed by atoms with E-state index in [0.717, 1.165) is 0 Å². The van der Waals surface area contributed by atoms with Gasteiger partial charge in [0.1, 0.15) is 0 Å². The first kappa shape index (κ1) is 11.3. The molecule has 1 nitrogen and oxygen atoms in total. The Morgan fingerprint density at radius 2 is 1.79 bits per heavy atom. The fourth-order valence-corrected chi connectivity index (χ4v) is 1.82. The fourth-order valence-electron chi connectivity index (χ4n) is 1.82. The van der Waals surface area contributed by atoms with Crippen LogP contribution in [-0.2, 0) is 0 Å². The molecule has 0 saturated carbocycles. The number of piperidine rings is 1. The van der Waals surface area contributed by atoms with Crippen molar-refractivity contribution >= 4 is 0 Å². The SMILES string of the molecule is CC.c1ccc(C2CCCCN2)cc1. The molecule has 0 spiro atoms. The molecule has 1 heteroatoms. The van der Waals surface area contributed by atoms with Crippen LogP contribution in [0.25, 0.3) is 0 Å². The molecule has 1 unspecified atom stereocenters. The van der Waals surface area contributed by atoms with Gasteiger partial charge in [-0.2, -0.15) is 0 Å². The van der Waals surface area contributed by atoms with Crippen molar-refractivity contribution in [1.82, 2.24) is 5.32 Å². The second-order valence-electron chi connectivity index (χ2n) is 3.41. The highest BCUT2D eigenvalue weighted by Gasteiger charge is 2.13. The maximum atomic E-state index is 3.54. The van der Waals surface area contributed by atoms with Crippen LogP contribution in [0.4, 0.5) is 0 Å². The largest absolute Gasteiger partial charge is 0.310 e. The molecule has 0 aromatic heterocycles. The third kappa shape index (κ3) is 3.15. The summed E-state index contributed by atoms with van der Waals surface area (Å²) in [7, 11) is 0. The Labute approximate surface area is 87.5 Å². The molecule has 14 heavy (non-hydrogen) atoms. The number of hydrogen-bond acceptors (Lipinski definition) is 1. The van der Waals surface area contributed by atoms with Gasteiger partial charge < -0.3 is 5.32 Å². The van der Waals surface area contributed by atoms with Crippen LogP contribution in [0.15, 0.2) is 30.3 Å². The maximum absolute atomic E-state index is 3.54. The van der Waals surface area contributed by atoms with E-state index >= 15 is 0 Å². The molecule has 1 heterocycles. The van der Waals surface area contributed by atoms with Gasteiger partial charge in [-0.3, -0.25) is 0 Å². The molecule has 2 rings (SSSR count). The summed E-state index contributed by atoms with van der Waals surface area (Å²) < 4.78 is 0. The summed E-state index contributed by atoms with van der Waals surface area (Å²) in [6, 6.07) is 11.3. The summed E-state index contributed by atoms with van der Waals surface area (Å²) in [5.74, 6) is 0. The van der Waals surface area contributed by atoms with Gasteiger partial charge in [-0.05, 0) is 24.9 Å². The molecule has 0 amide bonds. The summed E-state index contributed by atoms with van der Waals surface area (Å²) in [4.78, 5) is 0. The second kappa shape index (κ2) is 6.61. The Balaban J connectivity index is 0.000000461. The van der Waals surface area contributed by atoms with Crippen LogP contribution in [0.5, 0.6) is 0 Å². The van der Waals surface area contributed by atoms with Crippen molar-refractivity contribution in [3.05, 3.63) is 35.9 Å². The van der Waals surface area contributed by atoms with Crippen LogP contribution in [-0.4, -0.2) is 6.54 Å². The minimum atomic E-state index is 0.611. The van der Waals surface area contributed by atoms with Crippen molar-refractivity contribution in [1.29, 1.82) is 0 Å². The van der Waals surface area contributed by atoms with Gasteiger partial charge in [0.15, 0.2) is 0 Å². The molecular weight excluding hydrogens is 170 g/mol. The van der Waals surface area contributed by atoms with Crippen molar-refractivity contribution < 1.29 is 0 Å². The lowest BCUT2D eigenvalue weighted by Crippen LogP contribution is -2.26. The minimum absolute atomic E-state index is 0.611. The molecule has 1 aliphatic heterocycles. The highest BCUT2D eigenvalue weighted by molar-refractivity contribution is 5.19. The van der Waals surface area contributed by atoms with Crippen LogP contribution in [0.3, 0.4) is 0 Å². The summed E-state index contributed by atoms with van der Waals surface area (Å²) >= 11 is 0. The molecule has 1 aliphatic rings. The predicted molar refractivity (Wildman–Crippen MR) is 62.4 cm³/mol. The van der Waals surface area contributed by atoms with Gasteiger partial charge in [0, 0.05) is 6.04 Å². The molecule has 1 saturated heterocycles. The molecule has 1 N–H and O–H groups in total. The quantitative estimate of drug-likeness (QED) is 0.716. The van der Waals surface area contributed by atoms with E-state index in [1.54, 1.807) is 0 Å². The maximum Gasteiger partial charge on any atom is 0.0320 e. The molecular formula is C13H21N. The van der Waals surface area contributed by atoms with Gasteiger partial charge in [0.2, 0.25) is 0 Å². The third-order valence-electron chi connectivity index (χ3n) is 2.51. The van der Waals surface area contributed by atoms with Gasteiger partial charge in [-0.1, -0.05) is 50.6 Å². The van der Waals surface area contributed by atoms with E-state index in [1.165, 1.54) is 31.4 Å². The highest BCUT2D eigenvalue weighted by Crippen LogP contribution is 2.21. The molecule has 1 atom stereocenters. The Bertz CT molecular complexity index is 224. The van der Waals surface area contributed by atoms with Gasteiger partial charge in [0.05, 0.1) is 0 Å². The lowest BCUT2D eigenvalue weighted by Gasteiger charge is -2.23. The molecule has 0 bridgehead atoms. The summed E-state index contributed by atoms with van der Waals surface area (Å²) in [6.07, 6.45) is 4.00. The fraction of sp³-hybridized carbons (Fsp3) is 0.538. The van der Waals surface area contributed by atoms with Crippen LogP contribution in [0, 0.1) is 0 Å². The van der Waals surface area contributed by atoms with E-state index in [4.69, 9.17) is 0 Å². The number of benzene rings is 1. The first-order chi connectivity index (χ1) is 6.97. The molecule has 0 aliphatic carbocycles. The number of rotatable bonds is 1.